The minimum Gasteiger partial charge on any atom is -0.490 e. The molecular weight excluding hydrogens is 448 g/mol. The van der Waals surface area contributed by atoms with Gasteiger partial charge in [-0.15, -0.1) is 0 Å². The second kappa shape index (κ2) is 9.46. The molecule has 2 aromatic rings. The Morgan fingerprint density at radius 3 is 2.53 bits per heavy atom. The van der Waals surface area contributed by atoms with Crippen LogP contribution in [0.25, 0.3) is 0 Å². The van der Waals surface area contributed by atoms with E-state index < -0.39 is 9.84 Å². The third-order valence-corrected chi connectivity index (χ3v) is 7.97. The van der Waals surface area contributed by atoms with Gasteiger partial charge in [0.15, 0.2) is 15.0 Å². The highest BCUT2D eigenvalue weighted by atomic mass is 32.2. The van der Waals surface area contributed by atoms with Crippen molar-refractivity contribution < 1.29 is 17.9 Å². The summed E-state index contributed by atoms with van der Waals surface area (Å²) in [5.41, 5.74) is 0.299. The van der Waals surface area contributed by atoms with E-state index in [1.165, 1.54) is 29.9 Å². The van der Waals surface area contributed by atoms with Crippen molar-refractivity contribution in [3.05, 3.63) is 34.8 Å². The first kappa shape index (κ1) is 22.6. The minimum atomic E-state index is -3.45. The summed E-state index contributed by atoms with van der Waals surface area (Å²) < 4.78 is 30.4. The second-order valence-electron chi connectivity index (χ2n) is 8.21. The fourth-order valence-corrected chi connectivity index (χ4v) is 5.52. The average Bonchev–Trinajstić information content (AvgIpc) is 3.28. The number of nitrogens with zero attached hydrogens (tertiary/aromatic N) is 4. The number of aromatic nitrogens is 1. The van der Waals surface area contributed by atoms with Crippen LogP contribution in [0.15, 0.2) is 29.3 Å². The van der Waals surface area contributed by atoms with Crippen LogP contribution in [0.2, 0.25) is 0 Å². The Hall–Kier alpha value is -2.64. The van der Waals surface area contributed by atoms with Crippen molar-refractivity contribution in [3.8, 4) is 11.8 Å². The Morgan fingerprint density at radius 1 is 1.19 bits per heavy atom. The first-order valence-electron chi connectivity index (χ1n) is 10.8. The number of hydrogen-bond acceptors (Lipinski definition) is 8. The Bertz CT molecular complexity index is 1130. The summed E-state index contributed by atoms with van der Waals surface area (Å²) in [6, 6.07) is 6.67. The van der Waals surface area contributed by atoms with Crippen molar-refractivity contribution in [1.29, 1.82) is 5.26 Å². The quantitative estimate of drug-likeness (QED) is 0.656. The van der Waals surface area contributed by atoms with E-state index in [0.717, 1.165) is 37.1 Å². The molecule has 4 rings (SSSR count). The van der Waals surface area contributed by atoms with Crippen LogP contribution in [-0.4, -0.2) is 62.7 Å². The Morgan fingerprint density at radius 2 is 1.91 bits per heavy atom. The van der Waals surface area contributed by atoms with E-state index in [1.807, 2.05) is 0 Å². The summed E-state index contributed by atoms with van der Waals surface area (Å²) in [5, 5.41) is 9.78. The molecule has 1 aromatic carbocycles. The summed E-state index contributed by atoms with van der Waals surface area (Å²) in [5.74, 6) is 0.230. The van der Waals surface area contributed by atoms with Crippen LogP contribution in [0.1, 0.15) is 47.3 Å². The molecule has 170 valence electrons. The van der Waals surface area contributed by atoms with Gasteiger partial charge in [-0.25, -0.2) is 13.4 Å². The van der Waals surface area contributed by atoms with E-state index in [4.69, 9.17) is 10.00 Å². The molecule has 2 aliphatic rings. The standard InChI is InChI=1S/C22H26N4O4S2/c1-32(28,29)18-7-8-20(30-16-5-3-2-4-6-16)19(13-18)21(27)25-9-11-26(12-10-25)22-24-15-17(14-23)31-22/h7-8,13,15-16H,2-6,9-12H2,1H3. The van der Waals surface area contributed by atoms with E-state index in [-0.39, 0.29) is 16.9 Å². The molecule has 10 heteroatoms. The number of piperazine rings is 1. The van der Waals surface area contributed by atoms with Gasteiger partial charge in [0.25, 0.3) is 5.91 Å². The number of thiazole rings is 1. The first-order valence-corrected chi connectivity index (χ1v) is 13.5. The second-order valence-corrected chi connectivity index (χ2v) is 11.2. The zero-order valence-electron chi connectivity index (χ0n) is 18.0. The number of sulfone groups is 1. The molecule has 1 aliphatic heterocycles. The molecule has 2 heterocycles. The van der Waals surface area contributed by atoms with Crippen LogP contribution >= 0.6 is 11.3 Å². The van der Waals surface area contributed by atoms with Crippen LogP contribution in [-0.2, 0) is 9.84 Å². The predicted octanol–water partition coefficient (Wildman–Crippen LogP) is 3.09. The lowest BCUT2D eigenvalue weighted by atomic mass is 9.97. The zero-order valence-corrected chi connectivity index (χ0v) is 19.6. The van der Waals surface area contributed by atoms with Crippen LogP contribution in [0.4, 0.5) is 5.13 Å². The molecule has 1 amide bonds. The van der Waals surface area contributed by atoms with E-state index in [1.54, 1.807) is 17.2 Å². The fourth-order valence-electron chi connectivity index (χ4n) is 4.11. The van der Waals surface area contributed by atoms with Crippen LogP contribution < -0.4 is 9.64 Å². The number of hydrogen-bond donors (Lipinski definition) is 0. The number of carbonyl (C=O) groups excluding carboxylic acids is 1. The molecule has 0 unspecified atom stereocenters. The molecule has 0 radical (unpaired) electrons. The molecule has 1 aliphatic carbocycles. The van der Waals surface area contributed by atoms with Gasteiger partial charge in [0.2, 0.25) is 0 Å². The molecule has 2 fully saturated rings. The van der Waals surface area contributed by atoms with Crippen molar-refractivity contribution in [2.24, 2.45) is 0 Å². The van der Waals surface area contributed by atoms with E-state index in [9.17, 15) is 13.2 Å². The Kier molecular flexibility index (Phi) is 6.67. The molecule has 0 N–H and O–H groups in total. The summed E-state index contributed by atoms with van der Waals surface area (Å²) >= 11 is 1.34. The van der Waals surface area contributed by atoms with Gasteiger partial charge in [-0.05, 0) is 43.9 Å². The smallest absolute Gasteiger partial charge is 0.257 e. The van der Waals surface area contributed by atoms with Gasteiger partial charge in [0.05, 0.1) is 22.8 Å². The maximum atomic E-state index is 13.4. The van der Waals surface area contributed by atoms with E-state index in [2.05, 4.69) is 16.0 Å². The molecule has 1 aromatic heterocycles. The number of nitriles is 1. The van der Waals surface area contributed by atoms with Crippen molar-refractivity contribution in [2.45, 2.75) is 43.1 Å². The maximum Gasteiger partial charge on any atom is 0.257 e. The van der Waals surface area contributed by atoms with Crippen molar-refractivity contribution in [1.82, 2.24) is 9.88 Å². The minimum absolute atomic E-state index is 0.0514. The molecule has 1 saturated heterocycles. The monoisotopic (exact) mass is 474 g/mol. The lowest BCUT2D eigenvalue weighted by Gasteiger charge is -2.35. The Labute approximate surface area is 192 Å². The lowest BCUT2D eigenvalue weighted by molar-refractivity contribution is 0.0735. The zero-order chi connectivity index (χ0) is 22.7. The van der Waals surface area contributed by atoms with Gasteiger partial charge in [-0.2, -0.15) is 5.26 Å². The average molecular weight is 475 g/mol. The molecular formula is C22H26N4O4S2. The van der Waals surface area contributed by atoms with Gasteiger partial charge in [-0.3, -0.25) is 4.79 Å². The SMILES string of the molecule is CS(=O)(=O)c1ccc(OC2CCCCC2)c(C(=O)N2CCN(c3ncc(C#N)s3)CC2)c1. The van der Waals surface area contributed by atoms with Crippen molar-refractivity contribution >= 4 is 32.2 Å². The molecule has 1 saturated carbocycles. The third kappa shape index (κ3) is 5.05. The lowest BCUT2D eigenvalue weighted by Crippen LogP contribution is -2.48. The van der Waals surface area contributed by atoms with Gasteiger partial charge in [0, 0.05) is 32.4 Å². The Balaban J connectivity index is 1.52. The fraction of sp³-hybridized carbons (Fsp3) is 0.500. The predicted molar refractivity (Wildman–Crippen MR) is 122 cm³/mol. The topological polar surface area (TPSA) is 104 Å². The van der Waals surface area contributed by atoms with Crippen LogP contribution in [0, 0.1) is 11.3 Å². The molecule has 0 atom stereocenters. The van der Waals surface area contributed by atoms with Crippen molar-refractivity contribution in [2.75, 3.05) is 37.3 Å². The summed E-state index contributed by atoms with van der Waals surface area (Å²) in [4.78, 5) is 22.2. The number of carbonyl (C=O) groups is 1. The normalized spacial score (nSPS) is 17.8. The summed E-state index contributed by atoms with van der Waals surface area (Å²) in [6.45, 7) is 2.14. The van der Waals surface area contributed by atoms with Gasteiger partial charge in [-0.1, -0.05) is 17.8 Å². The van der Waals surface area contributed by atoms with Gasteiger partial charge < -0.3 is 14.5 Å². The number of amides is 1. The number of anilines is 1. The highest BCUT2D eigenvalue weighted by Gasteiger charge is 2.28. The van der Waals surface area contributed by atoms with E-state index in [0.29, 0.717) is 42.4 Å². The van der Waals surface area contributed by atoms with Crippen LogP contribution in [0.3, 0.4) is 0 Å². The number of benzene rings is 1. The van der Waals surface area contributed by atoms with E-state index >= 15 is 0 Å². The summed E-state index contributed by atoms with van der Waals surface area (Å²) in [7, 11) is -3.45. The number of ether oxygens (including phenoxy) is 1. The summed E-state index contributed by atoms with van der Waals surface area (Å²) in [6.07, 6.45) is 8.03. The largest absolute Gasteiger partial charge is 0.490 e. The molecule has 8 nitrogen and oxygen atoms in total. The van der Waals surface area contributed by atoms with Gasteiger partial charge >= 0.3 is 0 Å². The first-order chi connectivity index (χ1) is 15.3. The number of rotatable bonds is 5. The molecule has 0 spiro atoms. The van der Waals surface area contributed by atoms with Gasteiger partial charge in [0.1, 0.15) is 16.7 Å². The molecule has 32 heavy (non-hydrogen) atoms. The van der Waals surface area contributed by atoms with Crippen molar-refractivity contribution in [3.63, 3.8) is 0 Å². The molecule has 0 bridgehead atoms. The third-order valence-electron chi connectivity index (χ3n) is 5.90. The maximum absolute atomic E-state index is 13.4. The highest BCUT2D eigenvalue weighted by molar-refractivity contribution is 7.90. The highest BCUT2D eigenvalue weighted by Crippen LogP contribution is 2.30. The van der Waals surface area contributed by atoms with Crippen LogP contribution in [0.5, 0.6) is 5.75 Å².